The van der Waals surface area contributed by atoms with E-state index in [0.717, 1.165) is 15.8 Å². The summed E-state index contributed by atoms with van der Waals surface area (Å²) in [5, 5.41) is 0. The van der Waals surface area contributed by atoms with Gasteiger partial charge in [-0.25, -0.2) is 0 Å². The predicted molar refractivity (Wildman–Crippen MR) is 65.2 cm³/mol. The Morgan fingerprint density at radius 3 is 2.57 bits per heavy atom. The summed E-state index contributed by atoms with van der Waals surface area (Å²) in [5.74, 6) is 0. The molecule has 0 aliphatic heterocycles. The van der Waals surface area contributed by atoms with Crippen LogP contribution in [-0.4, -0.2) is 9.97 Å². The van der Waals surface area contributed by atoms with Crippen molar-refractivity contribution in [3.63, 3.8) is 0 Å². The van der Waals surface area contributed by atoms with Gasteiger partial charge in [-0.2, -0.15) is 0 Å². The number of rotatable bonds is 2. The Hall–Kier alpha value is -0.970. The molecule has 0 saturated carbocycles. The molecular weight excluding hydrogens is 287 g/mol. The average molecular weight is 296 g/mol. The Bertz CT molecular complexity index is 415. The highest BCUT2D eigenvalue weighted by Gasteiger charge is 1.99. The maximum Gasteiger partial charge on any atom is 0.0889 e. The Balaban J connectivity index is 2.42. The standard InChI is InChI=1S/C11H9IN2/c12-8-9-4-6-14-11(7-9)10-3-1-2-5-13-10/h1-7H,8H2. The molecule has 0 fully saturated rings. The zero-order valence-corrected chi connectivity index (χ0v) is 9.68. The molecule has 2 heterocycles. The van der Waals surface area contributed by atoms with Crippen LogP contribution in [0.2, 0.25) is 0 Å². The van der Waals surface area contributed by atoms with E-state index in [-0.39, 0.29) is 0 Å². The minimum atomic E-state index is 0.930. The summed E-state index contributed by atoms with van der Waals surface area (Å²) >= 11 is 2.34. The van der Waals surface area contributed by atoms with Crippen molar-refractivity contribution >= 4 is 22.6 Å². The zero-order valence-electron chi connectivity index (χ0n) is 7.52. The molecule has 2 nitrogen and oxygen atoms in total. The van der Waals surface area contributed by atoms with Gasteiger partial charge in [-0.05, 0) is 29.8 Å². The van der Waals surface area contributed by atoms with Crippen molar-refractivity contribution in [3.8, 4) is 11.4 Å². The molecule has 0 aliphatic rings. The van der Waals surface area contributed by atoms with Gasteiger partial charge < -0.3 is 0 Å². The van der Waals surface area contributed by atoms with Crippen molar-refractivity contribution in [2.24, 2.45) is 0 Å². The van der Waals surface area contributed by atoms with Crippen LogP contribution in [0.5, 0.6) is 0 Å². The highest BCUT2D eigenvalue weighted by molar-refractivity contribution is 14.1. The number of hydrogen-bond acceptors (Lipinski definition) is 2. The average Bonchev–Trinajstić information content (AvgIpc) is 2.30. The van der Waals surface area contributed by atoms with Gasteiger partial charge in [0.1, 0.15) is 0 Å². The van der Waals surface area contributed by atoms with Crippen LogP contribution in [0, 0.1) is 0 Å². The SMILES string of the molecule is ICc1ccnc(-c2ccccn2)c1. The first-order chi connectivity index (χ1) is 6.90. The van der Waals surface area contributed by atoms with Gasteiger partial charge in [0.25, 0.3) is 0 Å². The summed E-state index contributed by atoms with van der Waals surface area (Å²) in [5.41, 5.74) is 3.15. The molecule has 0 amide bonds. The van der Waals surface area contributed by atoms with Crippen molar-refractivity contribution in [2.45, 2.75) is 4.43 Å². The molecule has 0 bridgehead atoms. The molecule has 0 radical (unpaired) electrons. The van der Waals surface area contributed by atoms with E-state index in [1.807, 2.05) is 30.5 Å². The molecule has 2 rings (SSSR count). The lowest BCUT2D eigenvalue weighted by molar-refractivity contribution is 1.23. The molecule has 14 heavy (non-hydrogen) atoms. The molecular formula is C11H9IN2. The van der Waals surface area contributed by atoms with Crippen LogP contribution in [0.1, 0.15) is 5.56 Å². The molecule has 0 spiro atoms. The topological polar surface area (TPSA) is 25.8 Å². The molecule has 2 aromatic heterocycles. The van der Waals surface area contributed by atoms with E-state index in [1.165, 1.54) is 5.56 Å². The van der Waals surface area contributed by atoms with Crippen LogP contribution >= 0.6 is 22.6 Å². The van der Waals surface area contributed by atoms with Gasteiger partial charge in [-0.3, -0.25) is 9.97 Å². The summed E-state index contributed by atoms with van der Waals surface area (Å²) in [4.78, 5) is 8.55. The number of pyridine rings is 2. The third-order valence-corrected chi connectivity index (χ3v) is 2.79. The van der Waals surface area contributed by atoms with Crippen LogP contribution in [0.15, 0.2) is 42.7 Å². The molecule has 2 aromatic rings. The van der Waals surface area contributed by atoms with E-state index in [4.69, 9.17) is 0 Å². The summed E-state index contributed by atoms with van der Waals surface area (Å²) in [6.07, 6.45) is 3.62. The second kappa shape index (κ2) is 4.50. The fraction of sp³-hybridized carbons (Fsp3) is 0.0909. The largest absolute Gasteiger partial charge is 0.255 e. The quantitative estimate of drug-likeness (QED) is 0.628. The fourth-order valence-corrected chi connectivity index (χ4v) is 1.69. The predicted octanol–water partition coefficient (Wildman–Crippen LogP) is 3.08. The Morgan fingerprint density at radius 1 is 1.00 bits per heavy atom. The number of hydrogen-bond donors (Lipinski definition) is 0. The minimum absolute atomic E-state index is 0.930. The van der Waals surface area contributed by atoms with Gasteiger partial charge >= 0.3 is 0 Å². The van der Waals surface area contributed by atoms with Gasteiger partial charge in [0, 0.05) is 16.8 Å². The fourth-order valence-electron chi connectivity index (χ4n) is 1.21. The van der Waals surface area contributed by atoms with Gasteiger partial charge in [-0.1, -0.05) is 28.7 Å². The number of alkyl halides is 1. The molecule has 0 atom stereocenters. The van der Waals surface area contributed by atoms with Crippen LogP contribution in [0.4, 0.5) is 0 Å². The van der Waals surface area contributed by atoms with Crippen LogP contribution < -0.4 is 0 Å². The van der Waals surface area contributed by atoms with Crippen molar-refractivity contribution < 1.29 is 0 Å². The van der Waals surface area contributed by atoms with Crippen molar-refractivity contribution in [2.75, 3.05) is 0 Å². The second-order valence-corrected chi connectivity index (χ2v) is 3.66. The van der Waals surface area contributed by atoms with E-state index >= 15 is 0 Å². The molecule has 0 N–H and O–H groups in total. The van der Waals surface area contributed by atoms with Crippen molar-refractivity contribution in [1.82, 2.24) is 9.97 Å². The van der Waals surface area contributed by atoms with Crippen LogP contribution in [-0.2, 0) is 4.43 Å². The molecule has 0 aromatic carbocycles. The van der Waals surface area contributed by atoms with E-state index in [2.05, 4.69) is 38.6 Å². The monoisotopic (exact) mass is 296 g/mol. The normalized spacial score (nSPS) is 10.1. The van der Waals surface area contributed by atoms with Gasteiger partial charge in [0.15, 0.2) is 0 Å². The number of halogens is 1. The lowest BCUT2D eigenvalue weighted by atomic mass is 10.2. The van der Waals surface area contributed by atoms with Crippen LogP contribution in [0.3, 0.4) is 0 Å². The number of nitrogens with zero attached hydrogens (tertiary/aromatic N) is 2. The van der Waals surface area contributed by atoms with Crippen LogP contribution in [0.25, 0.3) is 11.4 Å². The lowest BCUT2D eigenvalue weighted by Gasteiger charge is -2.00. The Kier molecular flexibility index (Phi) is 3.08. The highest BCUT2D eigenvalue weighted by atomic mass is 127. The van der Waals surface area contributed by atoms with Gasteiger partial charge in [0.2, 0.25) is 0 Å². The minimum Gasteiger partial charge on any atom is -0.255 e. The number of aromatic nitrogens is 2. The zero-order chi connectivity index (χ0) is 9.80. The first kappa shape index (κ1) is 9.58. The highest BCUT2D eigenvalue weighted by Crippen LogP contribution is 2.15. The van der Waals surface area contributed by atoms with Gasteiger partial charge in [0.05, 0.1) is 11.4 Å². The summed E-state index contributed by atoms with van der Waals surface area (Å²) < 4.78 is 1.00. The maximum absolute atomic E-state index is 4.29. The molecule has 3 heteroatoms. The maximum atomic E-state index is 4.29. The molecule has 0 saturated heterocycles. The van der Waals surface area contributed by atoms with E-state index in [9.17, 15) is 0 Å². The first-order valence-corrected chi connectivity index (χ1v) is 5.85. The molecule has 70 valence electrons. The van der Waals surface area contributed by atoms with Crippen molar-refractivity contribution in [1.29, 1.82) is 0 Å². The van der Waals surface area contributed by atoms with E-state index < -0.39 is 0 Å². The van der Waals surface area contributed by atoms with E-state index in [1.54, 1.807) is 6.20 Å². The van der Waals surface area contributed by atoms with E-state index in [0.29, 0.717) is 0 Å². The third kappa shape index (κ3) is 2.09. The Labute approximate surface area is 96.6 Å². The summed E-state index contributed by atoms with van der Waals surface area (Å²) in [6.45, 7) is 0. The van der Waals surface area contributed by atoms with Crippen molar-refractivity contribution in [3.05, 3.63) is 48.3 Å². The Morgan fingerprint density at radius 2 is 1.86 bits per heavy atom. The second-order valence-electron chi connectivity index (χ2n) is 2.90. The summed E-state index contributed by atoms with van der Waals surface area (Å²) in [7, 11) is 0. The third-order valence-electron chi connectivity index (χ3n) is 1.91. The summed E-state index contributed by atoms with van der Waals surface area (Å²) in [6, 6.07) is 9.96. The van der Waals surface area contributed by atoms with Gasteiger partial charge in [-0.15, -0.1) is 0 Å². The lowest BCUT2D eigenvalue weighted by Crippen LogP contribution is -1.87. The smallest absolute Gasteiger partial charge is 0.0889 e. The molecule has 0 aliphatic carbocycles. The molecule has 0 unspecified atom stereocenters. The first-order valence-electron chi connectivity index (χ1n) is 4.32.